The van der Waals surface area contributed by atoms with E-state index >= 15 is 0 Å². The van der Waals surface area contributed by atoms with Crippen LogP contribution in [0.1, 0.15) is 67.3 Å². The lowest BCUT2D eigenvalue weighted by molar-refractivity contribution is -0.120. The number of hydrogen-bond acceptors (Lipinski definition) is 5. The van der Waals surface area contributed by atoms with Crippen LogP contribution in [0.5, 0.6) is 5.75 Å². The highest BCUT2D eigenvalue weighted by Crippen LogP contribution is 2.39. The molecule has 0 atom stereocenters. The third-order valence-corrected chi connectivity index (χ3v) is 6.07. The van der Waals surface area contributed by atoms with Crippen LogP contribution in [-0.4, -0.2) is 26.6 Å². The number of aromatic nitrogens is 3. The molecule has 5 rings (SSSR count). The molecule has 1 heterocycles. The summed E-state index contributed by atoms with van der Waals surface area (Å²) in [5, 5.41) is 7.39. The van der Waals surface area contributed by atoms with Gasteiger partial charge in [0.05, 0.1) is 5.69 Å². The summed E-state index contributed by atoms with van der Waals surface area (Å²) in [7, 11) is 0. The van der Waals surface area contributed by atoms with Gasteiger partial charge in [0, 0.05) is 17.5 Å². The standard InChI is InChI=1S/C25H26N4O3/c30-24(18-7-3-1-4-8-18)26-19-13-15-21(16-14-19)32-25(31)22-27-23(17-11-12-17)29(28-22)20-9-5-2-6-10-20/h2,5-6,9-10,13-18H,1,3-4,7-8,11-12H2,(H,26,30). The Morgan fingerprint density at radius 1 is 0.906 bits per heavy atom. The zero-order chi connectivity index (χ0) is 21.9. The summed E-state index contributed by atoms with van der Waals surface area (Å²) < 4.78 is 7.23. The minimum Gasteiger partial charge on any atom is -0.421 e. The van der Waals surface area contributed by atoms with Gasteiger partial charge < -0.3 is 10.1 Å². The number of benzene rings is 2. The predicted molar refractivity (Wildman–Crippen MR) is 120 cm³/mol. The fourth-order valence-corrected chi connectivity index (χ4v) is 4.14. The van der Waals surface area contributed by atoms with E-state index in [2.05, 4.69) is 15.4 Å². The second-order valence-electron chi connectivity index (χ2n) is 8.55. The Kier molecular flexibility index (Phi) is 5.71. The van der Waals surface area contributed by atoms with Crippen LogP contribution in [0.2, 0.25) is 0 Å². The van der Waals surface area contributed by atoms with Crippen LogP contribution < -0.4 is 10.1 Å². The van der Waals surface area contributed by atoms with Crippen molar-refractivity contribution in [3.05, 3.63) is 66.2 Å². The molecule has 1 N–H and O–H groups in total. The molecule has 7 heteroatoms. The maximum atomic E-state index is 12.7. The molecule has 2 fully saturated rings. The summed E-state index contributed by atoms with van der Waals surface area (Å²) in [4.78, 5) is 29.6. The van der Waals surface area contributed by atoms with Gasteiger partial charge in [0.2, 0.25) is 5.91 Å². The number of rotatable bonds is 6. The predicted octanol–water partition coefficient (Wildman–Crippen LogP) is 4.88. The molecule has 2 aliphatic carbocycles. The fourth-order valence-electron chi connectivity index (χ4n) is 4.14. The zero-order valence-corrected chi connectivity index (χ0v) is 17.9. The van der Waals surface area contributed by atoms with Crippen LogP contribution in [-0.2, 0) is 4.79 Å². The van der Waals surface area contributed by atoms with Gasteiger partial charge in [-0.3, -0.25) is 4.79 Å². The summed E-state index contributed by atoms with van der Waals surface area (Å²) in [6.07, 6.45) is 7.44. The highest BCUT2D eigenvalue weighted by molar-refractivity contribution is 5.92. The van der Waals surface area contributed by atoms with Crippen molar-refractivity contribution in [1.29, 1.82) is 0 Å². The smallest absolute Gasteiger partial charge is 0.383 e. The van der Waals surface area contributed by atoms with Crippen molar-refractivity contribution in [2.75, 3.05) is 5.32 Å². The highest BCUT2D eigenvalue weighted by atomic mass is 16.5. The summed E-state index contributed by atoms with van der Waals surface area (Å²) in [5.74, 6) is 1.12. The third kappa shape index (κ3) is 4.56. The first-order chi connectivity index (χ1) is 15.7. The molecule has 1 amide bonds. The Bertz CT molecular complexity index is 1100. The third-order valence-electron chi connectivity index (χ3n) is 6.07. The van der Waals surface area contributed by atoms with Crippen molar-refractivity contribution in [3.8, 4) is 11.4 Å². The van der Waals surface area contributed by atoms with E-state index in [1.165, 1.54) is 6.42 Å². The number of nitrogens with one attached hydrogen (secondary N) is 1. The summed E-state index contributed by atoms with van der Waals surface area (Å²) in [6.45, 7) is 0. The SMILES string of the molecule is O=C(Oc1ccc(NC(=O)C2CCCCC2)cc1)c1nc(C2CC2)n(-c2ccccc2)n1. The van der Waals surface area contributed by atoms with E-state index in [1.807, 2.05) is 30.3 Å². The number of carbonyl (C=O) groups excluding carboxylic acids is 2. The van der Waals surface area contributed by atoms with Gasteiger partial charge in [-0.15, -0.1) is 5.10 Å². The Labute approximate surface area is 186 Å². The molecule has 2 saturated carbocycles. The normalized spacial score (nSPS) is 16.5. The van der Waals surface area contributed by atoms with E-state index in [0.29, 0.717) is 17.4 Å². The molecule has 7 nitrogen and oxygen atoms in total. The first-order valence-corrected chi connectivity index (χ1v) is 11.3. The van der Waals surface area contributed by atoms with Gasteiger partial charge in [0.1, 0.15) is 11.6 Å². The van der Waals surface area contributed by atoms with Crippen molar-refractivity contribution in [2.45, 2.75) is 50.9 Å². The maximum Gasteiger partial charge on any atom is 0.383 e. The molecular formula is C25H26N4O3. The summed E-state index contributed by atoms with van der Waals surface area (Å²) in [6, 6.07) is 16.5. The molecular weight excluding hydrogens is 404 g/mol. The summed E-state index contributed by atoms with van der Waals surface area (Å²) >= 11 is 0. The second kappa shape index (κ2) is 8.94. The number of esters is 1. The largest absolute Gasteiger partial charge is 0.421 e. The Hall–Kier alpha value is -3.48. The molecule has 0 saturated heterocycles. The molecule has 32 heavy (non-hydrogen) atoms. The Morgan fingerprint density at radius 2 is 1.62 bits per heavy atom. The number of anilines is 1. The monoisotopic (exact) mass is 430 g/mol. The number of amides is 1. The first kappa shape index (κ1) is 20.4. The van der Waals surface area contributed by atoms with Crippen molar-refractivity contribution in [1.82, 2.24) is 14.8 Å². The molecule has 0 unspecified atom stereocenters. The minimum atomic E-state index is -0.597. The van der Waals surface area contributed by atoms with Crippen molar-refractivity contribution in [3.63, 3.8) is 0 Å². The Balaban J connectivity index is 1.25. The number of ether oxygens (including phenoxy) is 1. The van der Waals surface area contributed by atoms with Crippen molar-refractivity contribution < 1.29 is 14.3 Å². The van der Waals surface area contributed by atoms with Gasteiger partial charge in [-0.2, -0.15) is 0 Å². The Morgan fingerprint density at radius 3 is 2.31 bits per heavy atom. The quantitative estimate of drug-likeness (QED) is 0.445. The highest BCUT2D eigenvalue weighted by Gasteiger charge is 2.32. The van der Waals surface area contributed by atoms with Gasteiger partial charge in [-0.1, -0.05) is 37.5 Å². The van der Waals surface area contributed by atoms with Crippen molar-refractivity contribution in [2.24, 2.45) is 5.92 Å². The lowest BCUT2D eigenvalue weighted by atomic mass is 9.88. The van der Waals surface area contributed by atoms with Gasteiger partial charge in [-0.25, -0.2) is 14.5 Å². The van der Waals surface area contributed by atoms with E-state index in [4.69, 9.17) is 4.74 Å². The van der Waals surface area contributed by atoms with Gasteiger partial charge >= 0.3 is 5.97 Å². The van der Waals surface area contributed by atoms with Crippen LogP contribution in [0.4, 0.5) is 5.69 Å². The molecule has 0 bridgehead atoms. The van der Waals surface area contributed by atoms with E-state index in [1.54, 1.807) is 28.9 Å². The number of carbonyl (C=O) groups is 2. The number of para-hydroxylation sites is 1. The van der Waals surface area contributed by atoms with Crippen LogP contribution in [0.15, 0.2) is 54.6 Å². The molecule has 0 spiro atoms. The molecule has 2 aromatic carbocycles. The zero-order valence-electron chi connectivity index (χ0n) is 17.9. The number of hydrogen-bond donors (Lipinski definition) is 1. The van der Waals surface area contributed by atoms with Crippen LogP contribution in [0, 0.1) is 5.92 Å². The van der Waals surface area contributed by atoms with Crippen LogP contribution >= 0.6 is 0 Å². The lowest BCUT2D eigenvalue weighted by Gasteiger charge is -2.20. The van der Waals surface area contributed by atoms with Gasteiger partial charge in [0.25, 0.3) is 5.82 Å². The molecule has 2 aliphatic rings. The van der Waals surface area contributed by atoms with E-state index in [-0.39, 0.29) is 17.6 Å². The average molecular weight is 431 g/mol. The van der Waals surface area contributed by atoms with Crippen LogP contribution in [0.3, 0.4) is 0 Å². The van der Waals surface area contributed by atoms with Crippen molar-refractivity contribution >= 4 is 17.6 Å². The van der Waals surface area contributed by atoms with Gasteiger partial charge in [0.15, 0.2) is 0 Å². The molecule has 3 aromatic rings. The topological polar surface area (TPSA) is 86.1 Å². The minimum absolute atomic E-state index is 0.0467. The van der Waals surface area contributed by atoms with E-state index < -0.39 is 5.97 Å². The van der Waals surface area contributed by atoms with Gasteiger partial charge in [-0.05, 0) is 62.1 Å². The fraction of sp³-hybridized carbons (Fsp3) is 0.360. The lowest BCUT2D eigenvalue weighted by Crippen LogP contribution is -2.24. The van der Waals surface area contributed by atoms with Crippen LogP contribution in [0.25, 0.3) is 5.69 Å². The number of nitrogens with zero attached hydrogens (tertiary/aromatic N) is 3. The molecule has 0 radical (unpaired) electrons. The molecule has 1 aromatic heterocycles. The summed E-state index contributed by atoms with van der Waals surface area (Å²) in [5.41, 5.74) is 1.57. The van der Waals surface area contributed by atoms with E-state index in [9.17, 15) is 9.59 Å². The molecule has 164 valence electrons. The van der Waals surface area contributed by atoms with E-state index in [0.717, 1.165) is 50.0 Å². The first-order valence-electron chi connectivity index (χ1n) is 11.3. The molecule has 0 aliphatic heterocycles. The maximum absolute atomic E-state index is 12.7. The second-order valence-corrected chi connectivity index (χ2v) is 8.55. The average Bonchev–Trinajstić information content (AvgIpc) is 3.59.